The van der Waals surface area contributed by atoms with E-state index in [9.17, 15) is 0 Å². The number of phenolic OH excluding ortho intramolecular Hbond substituents is 1. The van der Waals surface area contributed by atoms with Crippen molar-refractivity contribution < 1.29 is 10.2 Å². The van der Waals surface area contributed by atoms with Gasteiger partial charge >= 0.3 is 0 Å². The number of unbranched alkanes of at least 4 members (excludes halogenated alkanes) is 3. The summed E-state index contributed by atoms with van der Waals surface area (Å²) in [5.41, 5.74) is 0. The SMILES string of the molecule is OCCCCCCS.Oc1ccc(S)cc1. The Bertz CT molecular complexity index is 223. The van der Waals surface area contributed by atoms with E-state index in [1.165, 1.54) is 12.8 Å². The largest absolute Gasteiger partial charge is 0.508 e. The molecule has 0 aliphatic heterocycles. The van der Waals surface area contributed by atoms with Crippen molar-refractivity contribution in [1.82, 2.24) is 0 Å². The lowest BCUT2D eigenvalue weighted by Gasteiger charge is -1.93. The Kier molecular flexibility index (Phi) is 11.0. The first kappa shape index (κ1) is 15.7. The van der Waals surface area contributed by atoms with Gasteiger partial charge in [0.25, 0.3) is 0 Å². The predicted molar refractivity (Wildman–Crippen MR) is 74.8 cm³/mol. The summed E-state index contributed by atoms with van der Waals surface area (Å²) in [5, 5.41) is 17.1. The summed E-state index contributed by atoms with van der Waals surface area (Å²) >= 11 is 8.08. The van der Waals surface area contributed by atoms with Crippen molar-refractivity contribution in [1.29, 1.82) is 0 Å². The second-order valence-electron chi connectivity index (χ2n) is 3.38. The first-order valence-electron chi connectivity index (χ1n) is 5.40. The van der Waals surface area contributed by atoms with E-state index in [4.69, 9.17) is 10.2 Å². The third-order valence-corrected chi connectivity index (χ3v) is 2.53. The fraction of sp³-hybridized carbons (Fsp3) is 0.500. The topological polar surface area (TPSA) is 40.5 Å². The van der Waals surface area contributed by atoms with Crippen LogP contribution in [0.1, 0.15) is 25.7 Å². The average Bonchev–Trinajstić information content (AvgIpc) is 2.30. The Balaban J connectivity index is 0.000000281. The standard InChI is InChI=1S/C6H6OS.C6H14OS/c7-5-1-3-6(8)4-2-5;7-5-3-1-2-4-6-8/h1-4,7-8H;7-8H,1-6H2. The number of benzene rings is 1. The molecular weight excluding hydrogens is 240 g/mol. The van der Waals surface area contributed by atoms with Crippen LogP contribution in [0.15, 0.2) is 29.2 Å². The molecule has 4 heteroatoms. The minimum absolute atomic E-state index is 0.280. The molecule has 0 aliphatic carbocycles. The molecule has 0 saturated carbocycles. The number of aromatic hydroxyl groups is 1. The lowest BCUT2D eigenvalue weighted by Crippen LogP contribution is -1.83. The molecular formula is C12H20O2S2. The molecule has 2 N–H and O–H groups in total. The van der Waals surface area contributed by atoms with E-state index in [-0.39, 0.29) is 5.75 Å². The van der Waals surface area contributed by atoms with Gasteiger partial charge in [0, 0.05) is 11.5 Å². The number of phenols is 1. The van der Waals surface area contributed by atoms with Crippen LogP contribution in [0.2, 0.25) is 0 Å². The summed E-state index contributed by atoms with van der Waals surface area (Å²) in [6.45, 7) is 0.340. The van der Waals surface area contributed by atoms with E-state index < -0.39 is 0 Å². The van der Waals surface area contributed by atoms with E-state index in [0.29, 0.717) is 6.61 Å². The van der Waals surface area contributed by atoms with E-state index in [1.54, 1.807) is 24.3 Å². The van der Waals surface area contributed by atoms with Gasteiger partial charge in [-0.1, -0.05) is 12.8 Å². The van der Waals surface area contributed by atoms with Gasteiger partial charge in [-0.15, -0.1) is 12.6 Å². The molecule has 0 radical (unpaired) electrons. The molecule has 0 aromatic heterocycles. The van der Waals surface area contributed by atoms with Crippen molar-refractivity contribution in [3.8, 4) is 5.75 Å². The smallest absolute Gasteiger partial charge is 0.115 e. The van der Waals surface area contributed by atoms with Gasteiger partial charge in [-0.3, -0.25) is 0 Å². The van der Waals surface area contributed by atoms with Crippen molar-refractivity contribution >= 4 is 25.3 Å². The number of rotatable bonds is 5. The summed E-state index contributed by atoms with van der Waals surface area (Å²) in [6.07, 6.45) is 4.50. The van der Waals surface area contributed by atoms with E-state index in [1.807, 2.05) is 0 Å². The zero-order chi connectivity index (χ0) is 12.2. The summed E-state index contributed by atoms with van der Waals surface area (Å²) in [4.78, 5) is 0.864. The molecule has 0 unspecified atom stereocenters. The molecule has 92 valence electrons. The maximum absolute atomic E-state index is 8.72. The van der Waals surface area contributed by atoms with Crippen molar-refractivity contribution in [3.63, 3.8) is 0 Å². The second kappa shape index (κ2) is 11.2. The van der Waals surface area contributed by atoms with Gasteiger partial charge < -0.3 is 10.2 Å². The molecule has 0 heterocycles. The molecule has 0 spiro atoms. The van der Waals surface area contributed by atoms with Gasteiger partial charge in [0.2, 0.25) is 0 Å². The molecule has 1 aromatic carbocycles. The average molecular weight is 260 g/mol. The fourth-order valence-corrected chi connectivity index (χ4v) is 1.40. The number of hydrogen-bond donors (Lipinski definition) is 4. The fourth-order valence-electron chi connectivity index (χ4n) is 1.03. The number of aliphatic hydroxyl groups excluding tert-OH is 1. The van der Waals surface area contributed by atoms with E-state index in [2.05, 4.69) is 25.3 Å². The monoisotopic (exact) mass is 260 g/mol. The first-order chi connectivity index (χ1) is 7.70. The first-order valence-corrected chi connectivity index (χ1v) is 6.48. The molecule has 0 amide bonds. The maximum atomic E-state index is 8.72. The van der Waals surface area contributed by atoms with Gasteiger partial charge in [-0.05, 0) is 42.9 Å². The van der Waals surface area contributed by atoms with Crippen LogP contribution in [-0.4, -0.2) is 22.6 Å². The van der Waals surface area contributed by atoms with Gasteiger partial charge in [-0.25, -0.2) is 0 Å². The van der Waals surface area contributed by atoms with Crippen LogP contribution >= 0.6 is 25.3 Å². The third kappa shape index (κ3) is 10.2. The Hall–Kier alpha value is -0.320. The lowest BCUT2D eigenvalue weighted by molar-refractivity contribution is 0.283. The van der Waals surface area contributed by atoms with Crippen molar-refractivity contribution in [2.75, 3.05) is 12.4 Å². The molecule has 0 atom stereocenters. The third-order valence-electron chi connectivity index (χ3n) is 1.92. The summed E-state index contributed by atoms with van der Waals surface area (Å²) < 4.78 is 0. The molecule has 0 aliphatic rings. The summed E-state index contributed by atoms with van der Waals surface area (Å²) in [6, 6.07) is 6.67. The van der Waals surface area contributed by atoms with Gasteiger partial charge in [0.05, 0.1) is 0 Å². The number of aliphatic hydroxyl groups is 1. The minimum Gasteiger partial charge on any atom is -0.508 e. The molecule has 0 saturated heterocycles. The van der Waals surface area contributed by atoms with Crippen LogP contribution in [0.4, 0.5) is 0 Å². The minimum atomic E-state index is 0.280. The molecule has 1 aromatic rings. The van der Waals surface area contributed by atoms with Crippen LogP contribution in [0.5, 0.6) is 5.75 Å². The normalized spacial score (nSPS) is 9.44. The lowest BCUT2D eigenvalue weighted by atomic mass is 10.2. The van der Waals surface area contributed by atoms with Crippen LogP contribution in [0, 0.1) is 0 Å². The number of hydrogen-bond acceptors (Lipinski definition) is 4. The van der Waals surface area contributed by atoms with Gasteiger partial charge in [0.15, 0.2) is 0 Å². The van der Waals surface area contributed by atoms with E-state index >= 15 is 0 Å². The Morgan fingerprint density at radius 3 is 1.94 bits per heavy atom. The zero-order valence-electron chi connectivity index (χ0n) is 9.34. The quantitative estimate of drug-likeness (QED) is 0.485. The highest BCUT2D eigenvalue weighted by Gasteiger charge is 1.84. The summed E-state index contributed by atoms with van der Waals surface area (Å²) in [7, 11) is 0. The summed E-state index contributed by atoms with van der Waals surface area (Å²) in [5.74, 6) is 1.26. The predicted octanol–water partition coefficient (Wildman–Crippen LogP) is 3.15. The van der Waals surface area contributed by atoms with E-state index in [0.717, 1.165) is 23.5 Å². The highest BCUT2D eigenvalue weighted by atomic mass is 32.1. The van der Waals surface area contributed by atoms with Crippen LogP contribution < -0.4 is 0 Å². The molecule has 0 bridgehead atoms. The Morgan fingerprint density at radius 2 is 1.50 bits per heavy atom. The zero-order valence-corrected chi connectivity index (χ0v) is 11.1. The highest BCUT2D eigenvalue weighted by Crippen LogP contribution is 2.11. The van der Waals surface area contributed by atoms with Crippen LogP contribution in [0.3, 0.4) is 0 Å². The molecule has 1 rings (SSSR count). The van der Waals surface area contributed by atoms with Crippen LogP contribution in [0.25, 0.3) is 0 Å². The molecule has 0 fully saturated rings. The van der Waals surface area contributed by atoms with Gasteiger partial charge in [-0.2, -0.15) is 12.6 Å². The molecule has 2 nitrogen and oxygen atoms in total. The van der Waals surface area contributed by atoms with Crippen molar-refractivity contribution in [2.24, 2.45) is 0 Å². The van der Waals surface area contributed by atoms with Crippen molar-refractivity contribution in [3.05, 3.63) is 24.3 Å². The second-order valence-corrected chi connectivity index (χ2v) is 4.34. The van der Waals surface area contributed by atoms with Gasteiger partial charge in [0.1, 0.15) is 5.75 Å². The Labute approximate surface area is 109 Å². The number of thiol groups is 2. The maximum Gasteiger partial charge on any atom is 0.115 e. The van der Waals surface area contributed by atoms with Crippen molar-refractivity contribution in [2.45, 2.75) is 30.6 Å². The van der Waals surface area contributed by atoms with Crippen LogP contribution in [-0.2, 0) is 0 Å². The molecule has 16 heavy (non-hydrogen) atoms. The highest BCUT2D eigenvalue weighted by molar-refractivity contribution is 7.80. The Morgan fingerprint density at radius 1 is 0.938 bits per heavy atom.